The zero-order valence-electron chi connectivity index (χ0n) is 16.5. The quantitative estimate of drug-likeness (QED) is 0.753. The van der Waals surface area contributed by atoms with Gasteiger partial charge in [-0.05, 0) is 54.5 Å². The van der Waals surface area contributed by atoms with Crippen molar-refractivity contribution in [3.63, 3.8) is 0 Å². The van der Waals surface area contributed by atoms with Crippen molar-refractivity contribution in [3.8, 4) is 5.75 Å². The molecular weight excluding hydrogens is 390 g/mol. The molecule has 154 valence electrons. The summed E-state index contributed by atoms with van der Waals surface area (Å²) in [6.07, 6.45) is 0.737. The van der Waals surface area contributed by atoms with Gasteiger partial charge in [0.05, 0.1) is 18.8 Å². The molecule has 2 aromatic carbocycles. The van der Waals surface area contributed by atoms with E-state index in [1.807, 2.05) is 24.3 Å². The summed E-state index contributed by atoms with van der Waals surface area (Å²) < 4.78 is 10.9. The number of aliphatic hydroxyl groups excluding tert-OH is 1. The van der Waals surface area contributed by atoms with E-state index < -0.39 is 12.1 Å². The Bertz CT molecular complexity index is 873. The summed E-state index contributed by atoms with van der Waals surface area (Å²) in [7, 11) is 1.36. The molecule has 1 saturated heterocycles. The maximum Gasteiger partial charge on any atom is 0.337 e. The van der Waals surface area contributed by atoms with E-state index in [-0.39, 0.29) is 6.10 Å². The van der Waals surface area contributed by atoms with Crippen molar-refractivity contribution in [3.05, 3.63) is 64.7 Å². The second-order valence-corrected chi connectivity index (χ2v) is 8.43. The molecule has 1 N–H and O–H groups in total. The fourth-order valence-corrected chi connectivity index (χ4v) is 4.80. The van der Waals surface area contributed by atoms with Crippen molar-refractivity contribution in [1.82, 2.24) is 4.90 Å². The highest BCUT2D eigenvalue weighted by molar-refractivity contribution is 6.31. The second kappa shape index (κ2) is 8.74. The molecule has 29 heavy (non-hydrogen) atoms. The summed E-state index contributed by atoms with van der Waals surface area (Å²) >= 11 is 6.32. The van der Waals surface area contributed by atoms with Crippen LogP contribution in [0.1, 0.15) is 28.8 Å². The van der Waals surface area contributed by atoms with E-state index in [1.165, 1.54) is 7.11 Å². The highest BCUT2D eigenvalue weighted by atomic mass is 35.5. The van der Waals surface area contributed by atoms with Gasteiger partial charge in [-0.1, -0.05) is 35.9 Å². The number of benzene rings is 2. The highest BCUT2D eigenvalue weighted by Crippen LogP contribution is 2.38. The number of rotatable bonds is 5. The molecule has 0 amide bonds. The fraction of sp³-hybridized carbons (Fsp3) is 0.435. The van der Waals surface area contributed by atoms with E-state index in [0.29, 0.717) is 23.1 Å². The van der Waals surface area contributed by atoms with E-state index in [9.17, 15) is 9.90 Å². The van der Waals surface area contributed by atoms with Crippen LogP contribution in [0.2, 0.25) is 5.02 Å². The van der Waals surface area contributed by atoms with E-state index in [1.54, 1.807) is 18.2 Å². The number of aliphatic hydroxyl groups is 1. The average molecular weight is 416 g/mol. The third-order valence-electron chi connectivity index (χ3n) is 6.05. The molecule has 5 nitrogen and oxygen atoms in total. The molecular formula is C23H26ClNO4. The molecule has 1 aliphatic heterocycles. The van der Waals surface area contributed by atoms with Crippen LogP contribution >= 0.6 is 11.6 Å². The maximum atomic E-state index is 11.7. The van der Waals surface area contributed by atoms with Gasteiger partial charge in [0.25, 0.3) is 0 Å². The Morgan fingerprint density at radius 1 is 1.14 bits per heavy atom. The molecule has 1 aliphatic carbocycles. The Balaban J connectivity index is 1.39. The van der Waals surface area contributed by atoms with E-state index >= 15 is 0 Å². The summed E-state index contributed by atoms with van der Waals surface area (Å²) in [5, 5.41) is 11.5. The molecule has 1 saturated carbocycles. The van der Waals surface area contributed by atoms with E-state index in [2.05, 4.69) is 11.0 Å². The monoisotopic (exact) mass is 415 g/mol. The number of ether oxygens (including phenoxy) is 2. The van der Waals surface area contributed by atoms with Gasteiger partial charge in [0.1, 0.15) is 11.9 Å². The summed E-state index contributed by atoms with van der Waals surface area (Å²) in [6, 6.07) is 14.9. The first kappa shape index (κ1) is 20.2. The number of hydrogen-bond acceptors (Lipinski definition) is 5. The van der Waals surface area contributed by atoms with Crippen LogP contribution in [0.15, 0.2) is 48.5 Å². The van der Waals surface area contributed by atoms with Crippen LogP contribution in [0, 0.1) is 11.8 Å². The Morgan fingerprint density at radius 2 is 1.90 bits per heavy atom. The lowest BCUT2D eigenvalue weighted by Gasteiger charge is -2.35. The molecule has 2 aliphatic rings. The van der Waals surface area contributed by atoms with Gasteiger partial charge in [-0.25, -0.2) is 4.79 Å². The Labute approximate surface area is 176 Å². The number of nitrogens with zero attached hydrogens (tertiary/aromatic N) is 1. The number of carbonyl (C=O) groups excluding carboxylic acids is 1. The smallest absolute Gasteiger partial charge is 0.337 e. The lowest BCUT2D eigenvalue weighted by Crippen LogP contribution is -2.42. The topological polar surface area (TPSA) is 59.0 Å². The van der Waals surface area contributed by atoms with Gasteiger partial charge in [-0.15, -0.1) is 0 Å². The SMILES string of the molecule is COC(=O)c1cccc(O[C@@H]2C[C@@H]3CN(Cc4ccccc4Cl)C[C@@H]3C[C@H]2O)c1. The van der Waals surface area contributed by atoms with Gasteiger partial charge < -0.3 is 14.6 Å². The van der Waals surface area contributed by atoms with E-state index in [0.717, 1.165) is 43.1 Å². The number of hydrogen-bond donors (Lipinski definition) is 1. The van der Waals surface area contributed by atoms with Crippen LogP contribution in [-0.2, 0) is 11.3 Å². The first-order chi connectivity index (χ1) is 14.0. The van der Waals surface area contributed by atoms with Crippen LogP contribution in [-0.4, -0.2) is 48.4 Å². The zero-order valence-corrected chi connectivity index (χ0v) is 17.2. The summed E-state index contributed by atoms with van der Waals surface area (Å²) in [5.41, 5.74) is 1.58. The van der Waals surface area contributed by atoms with Crippen LogP contribution in [0.25, 0.3) is 0 Å². The van der Waals surface area contributed by atoms with Crippen LogP contribution in [0.5, 0.6) is 5.75 Å². The van der Waals surface area contributed by atoms with Crippen molar-refractivity contribution in [2.24, 2.45) is 11.8 Å². The number of halogens is 1. The predicted octanol–water partition coefficient (Wildman–Crippen LogP) is 3.78. The van der Waals surface area contributed by atoms with Gasteiger partial charge >= 0.3 is 5.97 Å². The summed E-state index contributed by atoms with van der Waals surface area (Å²) in [4.78, 5) is 14.2. The van der Waals surface area contributed by atoms with Crippen molar-refractivity contribution in [2.45, 2.75) is 31.6 Å². The third-order valence-corrected chi connectivity index (χ3v) is 6.42. The largest absolute Gasteiger partial charge is 0.488 e. The molecule has 2 aromatic rings. The van der Waals surface area contributed by atoms with Gasteiger partial charge in [0.2, 0.25) is 0 Å². The summed E-state index contributed by atoms with van der Waals surface area (Å²) in [6.45, 7) is 2.78. The molecule has 4 rings (SSSR count). The van der Waals surface area contributed by atoms with E-state index in [4.69, 9.17) is 21.1 Å². The molecule has 1 heterocycles. The zero-order chi connectivity index (χ0) is 20.4. The fourth-order valence-electron chi connectivity index (χ4n) is 4.60. The van der Waals surface area contributed by atoms with Crippen LogP contribution in [0.4, 0.5) is 0 Å². The molecule has 6 heteroatoms. The molecule has 0 bridgehead atoms. The Morgan fingerprint density at radius 3 is 2.66 bits per heavy atom. The lowest BCUT2D eigenvalue weighted by molar-refractivity contribution is -0.0231. The first-order valence-electron chi connectivity index (χ1n) is 10.0. The van der Waals surface area contributed by atoms with Crippen LogP contribution in [0.3, 0.4) is 0 Å². The van der Waals surface area contributed by atoms with Crippen molar-refractivity contribution < 1.29 is 19.4 Å². The van der Waals surface area contributed by atoms with Gasteiger partial charge in [0, 0.05) is 24.7 Å². The molecule has 0 unspecified atom stereocenters. The lowest BCUT2D eigenvalue weighted by atomic mass is 9.78. The number of fused-ring (bicyclic) bond motifs is 1. The number of likely N-dealkylation sites (tertiary alicyclic amines) is 1. The Hall–Kier alpha value is -2.08. The van der Waals surface area contributed by atoms with Gasteiger partial charge in [0.15, 0.2) is 0 Å². The molecule has 0 spiro atoms. The predicted molar refractivity (Wildman–Crippen MR) is 111 cm³/mol. The number of carbonyl (C=O) groups is 1. The van der Waals surface area contributed by atoms with Crippen molar-refractivity contribution >= 4 is 17.6 Å². The maximum absolute atomic E-state index is 11.7. The Kier molecular flexibility index (Phi) is 6.09. The summed E-state index contributed by atoms with van der Waals surface area (Å²) in [5.74, 6) is 1.13. The highest BCUT2D eigenvalue weighted by Gasteiger charge is 2.42. The minimum Gasteiger partial charge on any atom is -0.488 e. The van der Waals surface area contributed by atoms with Crippen molar-refractivity contribution in [2.75, 3.05) is 20.2 Å². The van der Waals surface area contributed by atoms with Crippen molar-refractivity contribution in [1.29, 1.82) is 0 Å². The molecule has 0 radical (unpaired) electrons. The molecule has 2 fully saturated rings. The average Bonchev–Trinajstić information content (AvgIpc) is 3.10. The minimum absolute atomic E-state index is 0.274. The number of esters is 1. The number of methoxy groups -OCH3 is 1. The molecule has 0 aromatic heterocycles. The molecule has 4 atom stereocenters. The minimum atomic E-state index is -0.515. The normalized spacial score (nSPS) is 26.7. The second-order valence-electron chi connectivity index (χ2n) is 8.02. The third kappa shape index (κ3) is 4.58. The standard InChI is InChI=1S/C23H26ClNO4/c1-28-23(27)15-6-4-7-19(9-15)29-22-11-18-14-25(13-17(18)10-21(22)26)12-16-5-2-3-8-20(16)24/h2-9,17-18,21-22,26H,10-14H2,1H3/t17-,18+,21+,22+/m0/s1. The first-order valence-corrected chi connectivity index (χ1v) is 10.4. The van der Waals surface area contributed by atoms with Gasteiger partial charge in [-0.3, -0.25) is 4.90 Å². The van der Waals surface area contributed by atoms with Gasteiger partial charge in [-0.2, -0.15) is 0 Å². The van der Waals surface area contributed by atoms with Crippen LogP contribution < -0.4 is 4.74 Å².